The molecule has 2 rings (SSSR count). The van der Waals surface area contributed by atoms with Crippen LogP contribution in [-0.4, -0.2) is 21.0 Å². The Bertz CT molecular complexity index is 603. The third-order valence-electron chi connectivity index (χ3n) is 2.48. The third-order valence-corrected chi connectivity index (χ3v) is 3.65. The molecule has 0 aliphatic rings. The molecule has 2 aromatic rings. The molecule has 2 heterocycles. The van der Waals surface area contributed by atoms with Crippen molar-refractivity contribution in [2.45, 2.75) is 13.8 Å². The number of thiophene rings is 1. The Balaban J connectivity index is 2.36. The highest BCUT2D eigenvalue weighted by atomic mass is 32.1. The Kier molecular flexibility index (Phi) is 3.53. The third kappa shape index (κ3) is 2.62. The van der Waals surface area contributed by atoms with Gasteiger partial charge in [-0.1, -0.05) is 0 Å². The van der Waals surface area contributed by atoms with E-state index in [1.165, 1.54) is 11.3 Å². The molecule has 0 saturated carbocycles. The van der Waals surface area contributed by atoms with E-state index in [1.807, 2.05) is 19.9 Å². The van der Waals surface area contributed by atoms with Gasteiger partial charge in [0.2, 0.25) is 0 Å². The summed E-state index contributed by atoms with van der Waals surface area (Å²) in [5.74, 6) is -0.889. The Morgan fingerprint density at radius 1 is 1.44 bits per heavy atom. The van der Waals surface area contributed by atoms with Gasteiger partial charge in [0.25, 0.3) is 0 Å². The molecule has 0 bridgehead atoms. The Morgan fingerprint density at radius 3 is 2.78 bits per heavy atom. The summed E-state index contributed by atoms with van der Waals surface area (Å²) in [5, 5.41) is 8.94. The van der Waals surface area contributed by atoms with E-state index in [4.69, 9.17) is 5.11 Å². The van der Waals surface area contributed by atoms with Crippen LogP contribution in [0.1, 0.15) is 32.7 Å². The minimum Gasteiger partial charge on any atom is -0.477 e. The van der Waals surface area contributed by atoms with Crippen molar-refractivity contribution >= 4 is 29.0 Å². The van der Waals surface area contributed by atoms with Crippen molar-refractivity contribution in [3.63, 3.8) is 0 Å². The zero-order valence-corrected chi connectivity index (χ0v) is 10.9. The second-order valence-electron chi connectivity index (χ2n) is 3.88. The van der Waals surface area contributed by atoms with E-state index in [-0.39, 0.29) is 0 Å². The maximum atomic E-state index is 10.9. The first-order valence-corrected chi connectivity index (χ1v) is 6.18. The number of allylic oxidation sites excluding steroid dienone is 1. The highest BCUT2D eigenvalue weighted by Gasteiger charge is 2.10. The van der Waals surface area contributed by atoms with Crippen molar-refractivity contribution in [2.24, 2.45) is 0 Å². The molecule has 0 radical (unpaired) electrons. The lowest BCUT2D eigenvalue weighted by Gasteiger charge is -1.98. The summed E-state index contributed by atoms with van der Waals surface area (Å²) < 4.78 is 0. The second-order valence-corrected chi connectivity index (χ2v) is 4.96. The fourth-order valence-corrected chi connectivity index (χ4v) is 2.53. The number of aryl methyl sites for hydroxylation is 1. The fraction of sp³-hybridized carbons (Fsp3) is 0.154. The van der Waals surface area contributed by atoms with Gasteiger partial charge in [-0.25, -0.2) is 4.79 Å². The van der Waals surface area contributed by atoms with Gasteiger partial charge < -0.3 is 5.11 Å². The van der Waals surface area contributed by atoms with Crippen molar-refractivity contribution in [2.75, 3.05) is 0 Å². The van der Waals surface area contributed by atoms with Crippen LogP contribution in [0.3, 0.4) is 0 Å². The van der Waals surface area contributed by atoms with Crippen molar-refractivity contribution in [1.82, 2.24) is 9.97 Å². The monoisotopic (exact) mass is 260 g/mol. The first-order valence-electron chi connectivity index (χ1n) is 5.36. The van der Waals surface area contributed by atoms with Gasteiger partial charge in [0, 0.05) is 17.3 Å². The van der Waals surface area contributed by atoms with Crippen molar-refractivity contribution < 1.29 is 9.90 Å². The van der Waals surface area contributed by atoms with Gasteiger partial charge >= 0.3 is 5.97 Å². The zero-order chi connectivity index (χ0) is 13.1. The molecule has 1 N–H and O–H groups in total. The van der Waals surface area contributed by atoms with E-state index in [0.717, 1.165) is 21.7 Å². The Hall–Kier alpha value is -2.01. The molecule has 0 fully saturated rings. The van der Waals surface area contributed by atoms with Crippen LogP contribution in [0, 0.1) is 6.92 Å². The minimum absolute atomic E-state index is 0.352. The van der Waals surface area contributed by atoms with Gasteiger partial charge in [0.05, 0.1) is 11.9 Å². The molecule has 0 amide bonds. The van der Waals surface area contributed by atoms with Crippen LogP contribution < -0.4 is 0 Å². The summed E-state index contributed by atoms with van der Waals surface area (Å²) >= 11 is 1.27. The number of aromatic carboxylic acids is 1. The molecular formula is C13H12N2O2S. The molecule has 4 nitrogen and oxygen atoms in total. The number of aromatic nitrogens is 2. The maximum Gasteiger partial charge on any atom is 0.345 e. The first-order chi connectivity index (χ1) is 8.58. The highest BCUT2D eigenvalue weighted by Crippen LogP contribution is 2.26. The molecule has 92 valence electrons. The van der Waals surface area contributed by atoms with Crippen molar-refractivity contribution in [1.29, 1.82) is 0 Å². The molecule has 0 aliphatic carbocycles. The van der Waals surface area contributed by atoms with Gasteiger partial charge in [0.15, 0.2) is 0 Å². The topological polar surface area (TPSA) is 63.1 Å². The molecule has 18 heavy (non-hydrogen) atoms. The number of carbonyl (C=O) groups is 1. The van der Waals surface area contributed by atoms with Crippen LogP contribution in [0.25, 0.3) is 11.6 Å². The number of hydrogen-bond donors (Lipinski definition) is 1. The largest absolute Gasteiger partial charge is 0.477 e. The lowest BCUT2D eigenvalue weighted by molar-refractivity contribution is 0.0702. The number of nitrogens with zero attached hydrogens (tertiary/aromatic N) is 2. The lowest BCUT2D eigenvalue weighted by Crippen LogP contribution is -1.89. The number of hydrogen-bond acceptors (Lipinski definition) is 4. The van der Waals surface area contributed by atoms with Crippen LogP contribution in [0.2, 0.25) is 0 Å². The fourth-order valence-electron chi connectivity index (χ4n) is 1.52. The predicted octanol–water partition coefficient (Wildman–Crippen LogP) is 3.11. The average Bonchev–Trinajstić information content (AvgIpc) is 2.72. The summed E-state index contributed by atoms with van der Waals surface area (Å²) in [7, 11) is 0. The van der Waals surface area contributed by atoms with Crippen LogP contribution in [0.5, 0.6) is 0 Å². The summed E-state index contributed by atoms with van der Waals surface area (Å²) in [6, 6.07) is 1.68. The molecule has 0 atom stereocenters. The van der Waals surface area contributed by atoms with Crippen molar-refractivity contribution in [3.8, 4) is 0 Å². The lowest BCUT2D eigenvalue weighted by atomic mass is 10.1. The zero-order valence-electron chi connectivity index (χ0n) is 10.0. The summed E-state index contributed by atoms with van der Waals surface area (Å²) in [4.78, 5) is 20.4. The summed E-state index contributed by atoms with van der Waals surface area (Å²) in [6.07, 6.45) is 6.88. The smallest absolute Gasteiger partial charge is 0.345 e. The average molecular weight is 260 g/mol. The predicted molar refractivity (Wildman–Crippen MR) is 71.6 cm³/mol. The first kappa shape index (κ1) is 12.4. The second kappa shape index (κ2) is 5.10. The van der Waals surface area contributed by atoms with Crippen LogP contribution in [0.4, 0.5) is 0 Å². The van der Waals surface area contributed by atoms with Gasteiger partial charge in [-0.15, -0.1) is 11.3 Å². The van der Waals surface area contributed by atoms with E-state index in [0.29, 0.717) is 4.88 Å². The molecule has 0 saturated heterocycles. The normalized spacial score (nSPS) is 11.6. The SMILES string of the molecule is C/C(=C/c1sc(C(=O)O)cc1C)c1cnccn1. The highest BCUT2D eigenvalue weighted by molar-refractivity contribution is 7.15. The Morgan fingerprint density at radius 2 is 2.22 bits per heavy atom. The van der Waals surface area contributed by atoms with E-state index in [9.17, 15) is 4.79 Å². The van der Waals surface area contributed by atoms with Crippen LogP contribution in [0.15, 0.2) is 24.7 Å². The molecule has 0 aliphatic heterocycles. The molecule has 5 heteroatoms. The molecule has 0 spiro atoms. The minimum atomic E-state index is -0.889. The summed E-state index contributed by atoms with van der Waals surface area (Å²) in [6.45, 7) is 3.84. The van der Waals surface area contributed by atoms with Gasteiger partial charge in [-0.3, -0.25) is 9.97 Å². The molecule has 0 aromatic carbocycles. The quantitative estimate of drug-likeness (QED) is 0.921. The Labute approximate surface area is 109 Å². The van der Waals surface area contributed by atoms with Crippen LogP contribution >= 0.6 is 11.3 Å². The van der Waals surface area contributed by atoms with Gasteiger partial charge in [-0.2, -0.15) is 0 Å². The van der Waals surface area contributed by atoms with Crippen LogP contribution in [-0.2, 0) is 0 Å². The summed E-state index contributed by atoms with van der Waals surface area (Å²) in [5.41, 5.74) is 2.72. The van der Waals surface area contributed by atoms with E-state index in [2.05, 4.69) is 9.97 Å². The molecule has 0 unspecified atom stereocenters. The standard InChI is InChI=1S/C13H12N2O2S/c1-8(10-7-14-3-4-15-10)5-11-9(2)6-12(18-11)13(16)17/h3-7H,1-2H3,(H,16,17)/b8-5-. The van der Waals surface area contributed by atoms with E-state index in [1.54, 1.807) is 24.7 Å². The van der Waals surface area contributed by atoms with E-state index >= 15 is 0 Å². The molecular weight excluding hydrogens is 248 g/mol. The number of rotatable bonds is 3. The maximum absolute atomic E-state index is 10.9. The number of carboxylic acids is 1. The van der Waals surface area contributed by atoms with Crippen molar-refractivity contribution in [3.05, 3.63) is 45.7 Å². The van der Waals surface area contributed by atoms with Gasteiger partial charge in [-0.05, 0) is 37.1 Å². The van der Waals surface area contributed by atoms with Gasteiger partial charge in [0.1, 0.15) is 4.88 Å². The molecule has 2 aromatic heterocycles. The van der Waals surface area contributed by atoms with E-state index < -0.39 is 5.97 Å². The number of carboxylic acid groups (broad SMARTS) is 1.